The highest BCUT2D eigenvalue weighted by atomic mass is 19.1. The van der Waals surface area contributed by atoms with Crippen molar-refractivity contribution in [3.63, 3.8) is 0 Å². The standard InChI is InChI=1S/C12H15FN2O5/c1-6(2)11(16)5-14-9-3-7(12(17)18)8(13)4-10(9)15(19)20/h3-4,6,11,14,16H,5H2,1-2H3,(H,17,18). The number of aliphatic hydroxyl groups excluding tert-OH is 1. The number of hydrogen-bond acceptors (Lipinski definition) is 5. The van der Waals surface area contributed by atoms with Crippen molar-refractivity contribution in [2.75, 3.05) is 11.9 Å². The molecule has 0 aliphatic rings. The summed E-state index contributed by atoms with van der Waals surface area (Å²) in [6.45, 7) is 3.51. The van der Waals surface area contributed by atoms with Gasteiger partial charge in [0.1, 0.15) is 11.5 Å². The number of halogens is 1. The molecule has 0 saturated carbocycles. The normalized spacial score (nSPS) is 12.2. The number of carboxylic acids is 1. The Labute approximate surface area is 114 Å². The molecule has 0 heterocycles. The Balaban J connectivity index is 3.11. The summed E-state index contributed by atoms with van der Waals surface area (Å²) in [6, 6.07) is 1.40. The van der Waals surface area contributed by atoms with Crippen LogP contribution in [0.4, 0.5) is 15.8 Å². The van der Waals surface area contributed by atoms with E-state index in [9.17, 15) is 24.4 Å². The number of nitrogens with zero attached hydrogens (tertiary/aromatic N) is 1. The predicted octanol–water partition coefficient (Wildman–Crippen LogP) is 1.86. The van der Waals surface area contributed by atoms with Crippen molar-refractivity contribution in [3.05, 3.63) is 33.6 Å². The van der Waals surface area contributed by atoms with E-state index in [0.717, 1.165) is 6.07 Å². The van der Waals surface area contributed by atoms with Crippen molar-refractivity contribution in [2.24, 2.45) is 5.92 Å². The molecule has 1 aromatic carbocycles. The van der Waals surface area contributed by atoms with E-state index in [-0.39, 0.29) is 18.2 Å². The summed E-state index contributed by atoms with van der Waals surface area (Å²) in [4.78, 5) is 20.8. The van der Waals surface area contributed by atoms with E-state index >= 15 is 0 Å². The second-order valence-corrected chi connectivity index (χ2v) is 4.60. The molecule has 0 aromatic heterocycles. The molecule has 0 saturated heterocycles. The van der Waals surface area contributed by atoms with E-state index in [4.69, 9.17) is 5.11 Å². The Morgan fingerprint density at radius 1 is 1.50 bits per heavy atom. The van der Waals surface area contributed by atoms with Gasteiger partial charge >= 0.3 is 5.97 Å². The summed E-state index contributed by atoms with van der Waals surface area (Å²) in [5, 5.41) is 31.8. The third kappa shape index (κ3) is 3.64. The minimum absolute atomic E-state index is 0.0107. The van der Waals surface area contributed by atoms with Crippen LogP contribution in [-0.4, -0.2) is 33.8 Å². The molecular formula is C12H15FN2O5. The molecule has 0 spiro atoms. The first-order valence-corrected chi connectivity index (χ1v) is 5.87. The molecule has 1 unspecified atom stereocenters. The van der Waals surface area contributed by atoms with E-state index in [0.29, 0.717) is 6.07 Å². The van der Waals surface area contributed by atoms with Crippen LogP contribution >= 0.6 is 0 Å². The number of carbonyl (C=O) groups is 1. The van der Waals surface area contributed by atoms with Crippen molar-refractivity contribution in [1.82, 2.24) is 0 Å². The van der Waals surface area contributed by atoms with Crippen LogP contribution in [0.15, 0.2) is 12.1 Å². The van der Waals surface area contributed by atoms with Gasteiger partial charge in [0.25, 0.3) is 5.69 Å². The first kappa shape index (κ1) is 15.8. The molecule has 0 radical (unpaired) electrons. The maximum atomic E-state index is 13.4. The first-order valence-electron chi connectivity index (χ1n) is 5.87. The molecule has 0 amide bonds. The largest absolute Gasteiger partial charge is 0.478 e. The van der Waals surface area contributed by atoms with Gasteiger partial charge in [0.15, 0.2) is 0 Å². The number of anilines is 1. The second kappa shape index (κ2) is 6.29. The number of nitrogens with one attached hydrogen (secondary N) is 1. The molecule has 8 heteroatoms. The Hall–Kier alpha value is -2.22. The molecule has 0 aliphatic carbocycles. The van der Waals surface area contributed by atoms with Gasteiger partial charge in [-0.25, -0.2) is 9.18 Å². The quantitative estimate of drug-likeness (QED) is 0.543. The Morgan fingerprint density at radius 2 is 2.10 bits per heavy atom. The maximum Gasteiger partial charge on any atom is 0.338 e. The third-order valence-corrected chi connectivity index (χ3v) is 2.78. The van der Waals surface area contributed by atoms with Crippen LogP contribution in [0.2, 0.25) is 0 Å². The van der Waals surface area contributed by atoms with Crippen molar-refractivity contribution < 1.29 is 24.3 Å². The van der Waals surface area contributed by atoms with E-state index in [2.05, 4.69) is 5.32 Å². The third-order valence-electron chi connectivity index (χ3n) is 2.78. The molecule has 20 heavy (non-hydrogen) atoms. The predicted molar refractivity (Wildman–Crippen MR) is 69.3 cm³/mol. The molecule has 110 valence electrons. The number of nitro groups is 1. The van der Waals surface area contributed by atoms with Crippen LogP contribution in [0.25, 0.3) is 0 Å². The number of nitro benzene ring substituents is 1. The van der Waals surface area contributed by atoms with Crippen molar-refractivity contribution in [1.29, 1.82) is 0 Å². The lowest BCUT2D eigenvalue weighted by Gasteiger charge is -2.16. The fourth-order valence-electron chi connectivity index (χ4n) is 1.47. The zero-order chi connectivity index (χ0) is 15.4. The summed E-state index contributed by atoms with van der Waals surface area (Å²) in [5.41, 5.74) is -1.39. The maximum absolute atomic E-state index is 13.4. The SMILES string of the molecule is CC(C)C(O)CNc1cc(C(=O)O)c(F)cc1[N+](=O)[O-]. The number of hydrogen-bond donors (Lipinski definition) is 3. The fraction of sp³-hybridized carbons (Fsp3) is 0.417. The van der Waals surface area contributed by atoms with Crippen LogP contribution in [0, 0.1) is 21.8 Å². The highest BCUT2D eigenvalue weighted by Gasteiger charge is 2.22. The monoisotopic (exact) mass is 286 g/mol. The van der Waals surface area contributed by atoms with Crippen LogP contribution < -0.4 is 5.32 Å². The van der Waals surface area contributed by atoms with Gasteiger partial charge < -0.3 is 15.5 Å². The smallest absolute Gasteiger partial charge is 0.338 e. The van der Waals surface area contributed by atoms with Gasteiger partial charge in [-0.1, -0.05) is 13.8 Å². The minimum atomic E-state index is -1.52. The molecular weight excluding hydrogens is 271 g/mol. The lowest BCUT2D eigenvalue weighted by Crippen LogP contribution is -2.25. The Kier molecular flexibility index (Phi) is 4.98. The van der Waals surface area contributed by atoms with E-state index < -0.39 is 34.1 Å². The Bertz CT molecular complexity index is 533. The van der Waals surface area contributed by atoms with Crippen LogP contribution in [0.1, 0.15) is 24.2 Å². The number of carboxylic acid groups (broad SMARTS) is 1. The minimum Gasteiger partial charge on any atom is -0.478 e. The zero-order valence-corrected chi connectivity index (χ0v) is 11.0. The molecule has 3 N–H and O–H groups in total. The molecule has 0 aliphatic heterocycles. The van der Waals surface area contributed by atoms with E-state index in [1.807, 2.05) is 0 Å². The average molecular weight is 286 g/mol. The van der Waals surface area contributed by atoms with Crippen molar-refractivity contribution >= 4 is 17.3 Å². The lowest BCUT2D eigenvalue weighted by atomic mass is 10.1. The number of aromatic carboxylic acids is 1. The van der Waals surface area contributed by atoms with Gasteiger partial charge in [0, 0.05) is 6.54 Å². The molecule has 0 fully saturated rings. The molecule has 7 nitrogen and oxygen atoms in total. The number of benzene rings is 1. The first-order chi connectivity index (χ1) is 9.23. The summed E-state index contributed by atoms with van der Waals surface area (Å²) >= 11 is 0. The van der Waals surface area contributed by atoms with E-state index in [1.165, 1.54) is 0 Å². The van der Waals surface area contributed by atoms with Crippen LogP contribution in [0.3, 0.4) is 0 Å². The van der Waals surface area contributed by atoms with Gasteiger partial charge in [-0.2, -0.15) is 0 Å². The van der Waals surface area contributed by atoms with E-state index in [1.54, 1.807) is 13.8 Å². The van der Waals surface area contributed by atoms with Gasteiger partial charge in [-0.05, 0) is 12.0 Å². The highest BCUT2D eigenvalue weighted by molar-refractivity contribution is 5.90. The highest BCUT2D eigenvalue weighted by Crippen LogP contribution is 2.28. The summed E-state index contributed by atoms with van der Waals surface area (Å²) in [6.07, 6.45) is -0.770. The van der Waals surface area contributed by atoms with Gasteiger partial charge in [0.05, 0.1) is 22.7 Å². The van der Waals surface area contributed by atoms with Crippen LogP contribution in [-0.2, 0) is 0 Å². The van der Waals surface area contributed by atoms with Crippen molar-refractivity contribution in [2.45, 2.75) is 20.0 Å². The fourth-order valence-corrected chi connectivity index (χ4v) is 1.47. The summed E-state index contributed by atoms with van der Waals surface area (Å²) in [5.74, 6) is -2.79. The van der Waals surface area contributed by atoms with Gasteiger partial charge in [-0.15, -0.1) is 0 Å². The molecule has 1 rings (SSSR count). The zero-order valence-electron chi connectivity index (χ0n) is 11.0. The van der Waals surface area contributed by atoms with Gasteiger partial charge in [-0.3, -0.25) is 10.1 Å². The van der Waals surface area contributed by atoms with Crippen molar-refractivity contribution in [3.8, 4) is 0 Å². The second-order valence-electron chi connectivity index (χ2n) is 4.60. The molecule has 0 bridgehead atoms. The molecule has 1 aromatic rings. The average Bonchev–Trinajstić information content (AvgIpc) is 2.35. The topological polar surface area (TPSA) is 113 Å². The summed E-state index contributed by atoms with van der Waals surface area (Å²) in [7, 11) is 0. The lowest BCUT2D eigenvalue weighted by molar-refractivity contribution is -0.384. The van der Waals surface area contributed by atoms with Crippen LogP contribution in [0.5, 0.6) is 0 Å². The number of rotatable bonds is 6. The number of aliphatic hydroxyl groups is 1. The molecule has 1 atom stereocenters. The summed E-state index contributed by atoms with van der Waals surface area (Å²) < 4.78 is 13.4. The van der Waals surface area contributed by atoms with Gasteiger partial charge in [0.2, 0.25) is 0 Å². The Morgan fingerprint density at radius 3 is 2.55 bits per heavy atom.